The van der Waals surface area contributed by atoms with E-state index in [0.717, 1.165) is 22.3 Å². The lowest BCUT2D eigenvalue weighted by Crippen LogP contribution is -2.62. The molecule has 1 aliphatic heterocycles. The first-order valence-electron chi connectivity index (χ1n) is 13.8. The molecule has 0 bridgehead atoms. The van der Waals surface area contributed by atoms with Crippen LogP contribution in [0, 0.1) is 0 Å². The number of amides is 2. The van der Waals surface area contributed by atoms with Crippen LogP contribution < -0.4 is 0 Å². The van der Waals surface area contributed by atoms with Gasteiger partial charge in [0.05, 0.1) is 12.1 Å². The first-order valence-corrected chi connectivity index (χ1v) is 13.8. The Bertz CT molecular complexity index is 1320. The maximum absolute atomic E-state index is 13.7. The number of benzene rings is 4. The number of hydrogen-bond acceptors (Lipinski definition) is 2. The number of carbonyl (C=O) groups is 2. The van der Waals surface area contributed by atoms with Gasteiger partial charge in [-0.05, 0) is 47.2 Å². The molecule has 0 saturated carbocycles. The van der Waals surface area contributed by atoms with Crippen LogP contribution in [0.4, 0.5) is 0 Å². The van der Waals surface area contributed by atoms with Crippen molar-refractivity contribution >= 4 is 24.0 Å². The molecule has 4 nitrogen and oxygen atoms in total. The highest BCUT2D eigenvalue weighted by molar-refractivity contribution is 5.94. The van der Waals surface area contributed by atoms with Gasteiger partial charge in [-0.2, -0.15) is 0 Å². The summed E-state index contributed by atoms with van der Waals surface area (Å²) in [5.41, 5.74) is 4.25. The summed E-state index contributed by atoms with van der Waals surface area (Å²) in [5.74, 6) is -0.0652. The molecule has 0 aliphatic carbocycles. The molecule has 0 spiro atoms. The van der Waals surface area contributed by atoms with Crippen LogP contribution >= 0.6 is 0 Å². The van der Waals surface area contributed by atoms with Gasteiger partial charge in [-0.15, -0.1) is 0 Å². The molecule has 0 unspecified atom stereocenters. The van der Waals surface area contributed by atoms with E-state index in [9.17, 15) is 9.59 Å². The summed E-state index contributed by atoms with van der Waals surface area (Å²) in [7, 11) is 0. The predicted molar refractivity (Wildman–Crippen MR) is 162 cm³/mol. The third-order valence-corrected chi connectivity index (χ3v) is 7.33. The average Bonchev–Trinajstić information content (AvgIpc) is 3.01. The first-order chi connectivity index (χ1) is 19.7. The second-order valence-corrected chi connectivity index (χ2v) is 10.2. The Morgan fingerprint density at radius 3 is 1.20 bits per heavy atom. The lowest BCUT2D eigenvalue weighted by Gasteiger charge is -2.46. The number of piperazine rings is 1. The second kappa shape index (κ2) is 13.4. The Labute approximate surface area is 236 Å². The number of rotatable bonds is 8. The van der Waals surface area contributed by atoms with Crippen molar-refractivity contribution in [2.24, 2.45) is 0 Å². The van der Waals surface area contributed by atoms with Crippen LogP contribution in [0.5, 0.6) is 0 Å². The monoisotopic (exact) mass is 526 g/mol. The summed E-state index contributed by atoms with van der Waals surface area (Å²) >= 11 is 0. The van der Waals surface area contributed by atoms with Crippen LogP contribution in [-0.4, -0.2) is 46.8 Å². The third kappa shape index (κ3) is 7.23. The van der Waals surface area contributed by atoms with Gasteiger partial charge in [0.1, 0.15) is 0 Å². The number of nitrogens with zero attached hydrogens (tertiary/aromatic N) is 2. The number of hydrogen-bond donors (Lipinski definition) is 0. The minimum absolute atomic E-state index is 0.0326. The Kier molecular flexibility index (Phi) is 9.00. The maximum atomic E-state index is 13.7. The molecule has 1 heterocycles. The van der Waals surface area contributed by atoms with Gasteiger partial charge in [0, 0.05) is 25.2 Å². The van der Waals surface area contributed by atoms with E-state index in [1.165, 1.54) is 0 Å². The smallest absolute Gasteiger partial charge is 0.246 e. The minimum Gasteiger partial charge on any atom is -0.332 e. The van der Waals surface area contributed by atoms with Crippen molar-refractivity contribution in [1.82, 2.24) is 9.80 Å². The maximum Gasteiger partial charge on any atom is 0.246 e. The molecule has 200 valence electrons. The molecule has 4 heteroatoms. The predicted octanol–water partition coefficient (Wildman–Crippen LogP) is 6.31. The molecule has 2 atom stereocenters. The highest BCUT2D eigenvalue weighted by Crippen LogP contribution is 2.23. The van der Waals surface area contributed by atoms with Crippen molar-refractivity contribution in [2.75, 3.05) is 13.1 Å². The lowest BCUT2D eigenvalue weighted by atomic mass is 9.95. The van der Waals surface area contributed by atoms with Gasteiger partial charge in [-0.3, -0.25) is 9.59 Å². The molecule has 4 aromatic rings. The largest absolute Gasteiger partial charge is 0.332 e. The molecule has 1 fully saturated rings. The van der Waals surface area contributed by atoms with Crippen LogP contribution in [0.15, 0.2) is 133 Å². The Morgan fingerprint density at radius 2 is 0.850 bits per heavy atom. The fourth-order valence-electron chi connectivity index (χ4n) is 5.27. The third-order valence-electron chi connectivity index (χ3n) is 7.33. The minimum atomic E-state index is -0.142. The normalized spacial score (nSPS) is 17.4. The molecular weight excluding hydrogens is 492 g/mol. The van der Waals surface area contributed by atoms with E-state index in [2.05, 4.69) is 24.3 Å². The van der Waals surface area contributed by atoms with Crippen LogP contribution in [0.2, 0.25) is 0 Å². The summed E-state index contributed by atoms with van der Waals surface area (Å²) in [5, 5.41) is 0. The molecule has 0 aromatic heterocycles. The summed E-state index contributed by atoms with van der Waals surface area (Å²) in [6.45, 7) is 0.935. The molecule has 40 heavy (non-hydrogen) atoms. The standard InChI is InChI=1S/C36H34N2O2/c39-35(23-21-29-13-5-1-6-14-29)37-27-34(26-32-19-11-4-12-20-32)38(28-33(37)25-31-17-9-3-10-18-31)36(40)24-22-30-15-7-2-8-16-30/h1-24,33-34H,25-28H2/b23-21+,24-22+/t33-,34-/m0/s1. The number of carbonyl (C=O) groups excluding carboxylic acids is 2. The molecule has 1 saturated heterocycles. The molecule has 0 N–H and O–H groups in total. The van der Waals surface area contributed by atoms with Crippen LogP contribution in [0.3, 0.4) is 0 Å². The van der Waals surface area contributed by atoms with Gasteiger partial charge in [-0.1, -0.05) is 121 Å². The zero-order valence-electron chi connectivity index (χ0n) is 22.6. The van der Waals surface area contributed by atoms with Crippen molar-refractivity contribution in [3.05, 3.63) is 156 Å². The highest BCUT2D eigenvalue weighted by atomic mass is 16.2. The van der Waals surface area contributed by atoms with E-state index < -0.39 is 0 Å². The van der Waals surface area contributed by atoms with Gasteiger partial charge in [0.2, 0.25) is 11.8 Å². The fourth-order valence-corrected chi connectivity index (χ4v) is 5.27. The van der Waals surface area contributed by atoms with E-state index in [4.69, 9.17) is 0 Å². The Morgan fingerprint density at radius 1 is 0.525 bits per heavy atom. The summed E-state index contributed by atoms with van der Waals surface area (Å²) in [6, 6.07) is 39.8. The summed E-state index contributed by atoms with van der Waals surface area (Å²) < 4.78 is 0. The van der Waals surface area contributed by atoms with Crippen LogP contribution in [-0.2, 0) is 22.4 Å². The summed E-state index contributed by atoms with van der Waals surface area (Å²) in [6.07, 6.45) is 8.42. The average molecular weight is 527 g/mol. The fraction of sp³-hybridized carbons (Fsp3) is 0.167. The van der Waals surface area contributed by atoms with E-state index >= 15 is 0 Å². The van der Waals surface area contributed by atoms with Crippen molar-refractivity contribution in [2.45, 2.75) is 24.9 Å². The second-order valence-electron chi connectivity index (χ2n) is 10.2. The highest BCUT2D eigenvalue weighted by Gasteiger charge is 2.37. The van der Waals surface area contributed by atoms with E-state index in [1.54, 1.807) is 12.2 Å². The quantitative estimate of drug-likeness (QED) is 0.253. The zero-order valence-corrected chi connectivity index (χ0v) is 22.6. The zero-order chi connectivity index (χ0) is 27.6. The molecule has 0 radical (unpaired) electrons. The molecule has 2 amide bonds. The van der Waals surface area contributed by atoms with Gasteiger partial charge in [0.15, 0.2) is 0 Å². The first kappa shape index (κ1) is 26.9. The van der Waals surface area contributed by atoms with E-state index in [0.29, 0.717) is 25.9 Å². The van der Waals surface area contributed by atoms with Gasteiger partial charge >= 0.3 is 0 Å². The lowest BCUT2D eigenvalue weighted by molar-refractivity contribution is -0.141. The molecule has 4 aromatic carbocycles. The van der Waals surface area contributed by atoms with Gasteiger partial charge in [-0.25, -0.2) is 0 Å². The van der Waals surface area contributed by atoms with Crippen LogP contribution in [0.25, 0.3) is 12.2 Å². The van der Waals surface area contributed by atoms with Crippen molar-refractivity contribution in [1.29, 1.82) is 0 Å². The van der Waals surface area contributed by atoms with Crippen LogP contribution in [0.1, 0.15) is 22.3 Å². The van der Waals surface area contributed by atoms with Crippen molar-refractivity contribution in [3.63, 3.8) is 0 Å². The van der Waals surface area contributed by atoms with E-state index in [-0.39, 0.29) is 23.9 Å². The Balaban J connectivity index is 1.44. The van der Waals surface area contributed by atoms with E-state index in [1.807, 2.05) is 119 Å². The van der Waals surface area contributed by atoms with Gasteiger partial charge in [0.25, 0.3) is 0 Å². The topological polar surface area (TPSA) is 40.6 Å². The van der Waals surface area contributed by atoms with Crippen molar-refractivity contribution in [3.8, 4) is 0 Å². The summed E-state index contributed by atoms with van der Waals surface area (Å²) in [4.78, 5) is 31.3. The van der Waals surface area contributed by atoms with Crippen molar-refractivity contribution < 1.29 is 9.59 Å². The molecular formula is C36H34N2O2. The van der Waals surface area contributed by atoms with Gasteiger partial charge < -0.3 is 9.80 Å². The Hall–Kier alpha value is -4.70. The molecule has 1 aliphatic rings. The SMILES string of the molecule is O=C(/C=C/c1ccccc1)N1C[C@H](Cc2ccccc2)N(C(=O)/C=C/c2ccccc2)C[C@@H]1Cc1ccccc1. The molecule has 5 rings (SSSR count).